The summed E-state index contributed by atoms with van der Waals surface area (Å²) >= 11 is 0. The van der Waals surface area contributed by atoms with E-state index in [4.69, 9.17) is 0 Å². The number of aromatic amines is 1. The zero-order valence-electron chi connectivity index (χ0n) is 24.0. The van der Waals surface area contributed by atoms with Gasteiger partial charge in [0.1, 0.15) is 0 Å². The normalized spacial score (nSPS) is 12.6. The highest BCUT2D eigenvalue weighted by Crippen LogP contribution is 2.31. The van der Waals surface area contributed by atoms with Gasteiger partial charge in [-0.05, 0) is 100 Å². The average molecular weight is 496 g/mol. The number of hydrogen-bond acceptors (Lipinski definition) is 2. The largest absolute Gasteiger partial charge is 0.372 e. The van der Waals surface area contributed by atoms with E-state index in [2.05, 4.69) is 137 Å². The summed E-state index contributed by atoms with van der Waals surface area (Å²) in [5.74, 6) is 0. The molecule has 0 aliphatic heterocycles. The van der Waals surface area contributed by atoms with Crippen LogP contribution in [0.4, 0.5) is 11.4 Å². The Hall–Kier alpha value is -3.46. The maximum absolute atomic E-state index is 4.31. The molecule has 1 aromatic heterocycles. The lowest BCUT2D eigenvalue weighted by atomic mass is 9.98. The second-order valence-corrected chi connectivity index (χ2v) is 10.7. The number of allylic oxidation sites excluding steroid dienone is 2. The van der Waals surface area contributed by atoms with Gasteiger partial charge in [-0.2, -0.15) is 0 Å². The average Bonchev–Trinajstić information content (AvgIpc) is 3.23. The number of anilines is 2. The minimum absolute atomic E-state index is 0.0657. The Kier molecular flexibility index (Phi) is 9.26. The highest BCUT2D eigenvalue weighted by Gasteiger charge is 2.21. The van der Waals surface area contributed by atoms with Crippen molar-refractivity contribution in [3.63, 3.8) is 0 Å². The molecule has 0 spiro atoms. The Morgan fingerprint density at radius 3 is 2.19 bits per heavy atom. The van der Waals surface area contributed by atoms with Gasteiger partial charge in [0, 0.05) is 52.3 Å². The van der Waals surface area contributed by atoms with Crippen molar-refractivity contribution in [1.82, 2.24) is 4.98 Å². The number of benzene rings is 2. The SMILES string of the molecule is C=CN(c1cc(-c2c[nH]c(=C)/c2=C\C(=C/C)c2ccc(N(CCC)CCC)cc2)ccc1C)C(C)(C)C. The molecule has 0 bridgehead atoms. The lowest BCUT2D eigenvalue weighted by Crippen LogP contribution is -2.37. The Morgan fingerprint density at radius 1 is 1.00 bits per heavy atom. The van der Waals surface area contributed by atoms with Crippen LogP contribution in [-0.4, -0.2) is 23.6 Å². The summed E-state index contributed by atoms with van der Waals surface area (Å²) in [7, 11) is 0. The fourth-order valence-electron chi connectivity index (χ4n) is 4.91. The first-order valence-electron chi connectivity index (χ1n) is 13.6. The fraction of sp³-hybridized carbons (Fsp3) is 0.353. The first-order valence-corrected chi connectivity index (χ1v) is 13.6. The van der Waals surface area contributed by atoms with Crippen LogP contribution in [-0.2, 0) is 0 Å². The molecule has 0 aliphatic carbocycles. The van der Waals surface area contributed by atoms with E-state index in [1.165, 1.54) is 28.1 Å². The van der Waals surface area contributed by atoms with Crippen molar-refractivity contribution in [3.8, 4) is 11.1 Å². The number of hydrogen-bond donors (Lipinski definition) is 1. The molecule has 0 radical (unpaired) electrons. The van der Waals surface area contributed by atoms with E-state index in [0.29, 0.717) is 0 Å². The van der Waals surface area contributed by atoms with Crippen LogP contribution >= 0.6 is 0 Å². The molecular formula is C34H45N3. The van der Waals surface area contributed by atoms with E-state index in [0.717, 1.165) is 47.6 Å². The molecule has 0 atom stereocenters. The molecule has 2 aromatic carbocycles. The number of nitrogens with zero attached hydrogens (tertiary/aromatic N) is 2. The zero-order valence-corrected chi connectivity index (χ0v) is 24.0. The lowest BCUT2D eigenvalue weighted by Gasteiger charge is -2.35. The first-order chi connectivity index (χ1) is 17.6. The molecule has 0 saturated heterocycles. The second kappa shape index (κ2) is 12.2. The van der Waals surface area contributed by atoms with Gasteiger partial charge in [0.2, 0.25) is 0 Å². The second-order valence-electron chi connectivity index (χ2n) is 10.7. The Labute approximate surface area is 224 Å². The number of nitrogens with one attached hydrogen (secondary N) is 1. The number of H-pyrrole nitrogens is 1. The molecule has 0 aliphatic rings. The molecular weight excluding hydrogens is 450 g/mol. The summed E-state index contributed by atoms with van der Waals surface area (Å²) in [4.78, 5) is 8.08. The maximum atomic E-state index is 4.31. The van der Waals surface area contributed by atoms with Crippen molar-refractivity contribution < 1.29 is 0 Å². The van der Waals surface area contributed by atoms with Crippen LogP contribution in [0.5, 0.6) is 0 Å². The molecule has 3 heteroatoms. The van der Waals surface area contributed by atoms with Gasteiger partial charge in [-0.3, -0.25) is 0 Å². The van der Waals surface area contributed by atoms with E-state index in [1.807, 2.05) is 6.20 Å². The summed E-state index contributed by atoms with van der Waals surface area (Å²) in [6.45, 7) is 25.9. The predicted molar refractivity (Wildman–Crippen MR) is 166 cm³/mol. The van der Waals surface area contributed by atoms with Gasteiger partial charge < -0.3 is 14.8 Å². The minimum atomic E-state index is -0.0657. The van der Waals surface area contributed by atoms with E-state index in [1.54, 1.807) is 0 Å². The summed E-state index contributed by atoms with van der Waals surface area (Å²) < 4.78 is 0. The van der Waals surface area contributed by atoms with Crippen molar-refractivity contribution in [2.45, 2.75) is 66.8 Å². The molecule has 37 heavy (non-hydrogen) atoms. The number of aromatic nitrogens is 1. The summed E-state index contributed by atoms with van der Waals surface area (Å²) in [5.41, 5.74) is 8.33. The molecule has 3 rings (SSSR count). The fourth-order valence-corrected chi connectivity index (χ4v) is 4.91. The van der Waals surface area contributed by atoms with E-state index in [9.17, 15) is 0 Å². The van der Waals surface area contributed by atoms with Crippen molar-refractivity contribution in [2.75, 3.05) is 22.9 Å². The van der Waals surface area contributed by atoms with Crippen LogP contribution < -0.4 is 20.4 Å². The molecule has 1 heterocycles. The van der Waals surface area contributed by atoms with Crippen LogP contribution in [0.2, 0.25) is 0 Å². The molecule has 0 saturated carbocycles. The van der Waals surface area contributed by atoms with E-state index < -0.39 is 0 Å². The molecule has 0 amide bonds. The van der Waals surface area contributed by atoms with Gasteiger partial charge in [-0.15, -0.1) is 0 Å². The number of rotatable bonds is 10. The monoisotopic (exact) mass is 495 g/mol. The molecule has 1 N–H and O–H groups in total. The molecule has 3 aromatic rings. The Bertz CT molecular complexity index is 1330. The third-order valence-corrected chi connectivity index (χ3v) is 6.85. The van der Waals surface area contributed by atoms with Crippen LogP contribution in [0.1, 0.15) is 65.5 Å². The van der Waals surface area contributed by atoms with Crippen LogP contribution in [0, 0.1) is 6.92 Å². The third-order valence-electron chi connectivity index (χ3n) is 6.85. The zero-order chi connectivity index (χ0) is 27.2. The predicted octanol–water partition coefficient (Wildman–Crippen LogP) is 7.66. The van der Waals surface area contributed by atoms with Gasteiger partial charge >= 0.3 is 0 Å². The maximum Gasteiger partial charge on any atom is 0.0446 e. The van der Waals surface area contributed by atoms with Gasteiger partial charge in [-0.1, -0.05) is 57.3 Å². The molecule has 196 valence electrons. The van der Waals surface area contributed by atoms with Crippen LogP contribution in [0.15, 0.2) is 67.5 Å². The first kappa shape index (κ1) is 28.1. The third kappa shape index (κ3) is 6.46. The van der Waals surface area contributed by atoms with Crippen molar-refractivity contribution in [3.05, 3.63) is 89.2 Å². The molecule has 0 fully saturated rings. The van der Waals surface area contributed by atoms with Crippen molar-refractivity contribution in [1.29, 1.82) is 0 Å². The molecule has 3 nitrogen and oxygen atoms in total. The van der Waals surface area contributed by atoms with E-state index in [-0.39, 0.29) is 5.54 Å². The van der Waals surface area contributed by atoms with Gasteiger partial charge in [0.15, 0.2) is 0 Å². The van der Waals surface area contributed by atoms with Crippen LogP contribution in [0.3, 0.4) is 0 Å². The molecule has 0 unspecified atom stereocenters. The summed E-state index contributed by atoms with van der Waals surface area (Å²) in [5, 5.41) is 2.04. The standard InChI is InChI=1S/C34H45N3/c1-10-20-36(21-11-2)30-18-16-28(17-19-30)27(12-3)22-31-26(6)35-24-32(31)29-15-14-25(5)33(23-29)37(13-4)34(7,8)9/h12-19,22-24,35H,4,6,10-11,20-21H2,1-3,5,7-9H3/b27-12+,31-22+. The smallest absolute Gasteiger partial charge is 0.0446 e. The van der Waals surface area contributed by atoms with Gasteiger partial charge in [-0.25, -0.2) is 0 Å². The van der Waals surface area contributed by atoms with E-state index >= 15 is 0 Å². The Morgan fingerprint density at radius 2 is 1.65 bits per heavy atom. The highest BCUT2D eigenvalue weighted by molar-refractivity contribution is 5.90. The topological polar surface area (TPSA) is 22.3 Å². The lowest BCUT2D eigenvalue weighted by molar-refractivity contribution is 0.555. The minimum Gasteiger partial charge on any atom is -0.372 e. The van der Waals surface area contributed by atoms with Gasteiger partial charge in [0.05, 0.1) is 0 Å². The van der Waals surface area contributed by atoms with Crippen LogP contribution in [0.25, 0.3) is 29.4 Å². The highest BCUT2D eigenvalue weighted by atomic mass is 15.2. The quantitative estimate of drug-likeness (QED) is 0.312. The summed E-state index contributed by atoms with van der Waals surface area (Å²) in [6.07, 6.45) is 10.7. The Balaban J connectivity index is 2.05. The van der Waals surface area contributed by atoms with Gasteiger partial charge in [0.25, 0.3) is 0 Å². The van der Waals surface area contributed by atoms with Crippen molar-refractivity contribution >= 4 is 29.6 Å². The number of aryl methyl sites for hydroxylation is 1. The summed E-state index contributed by atoms with van der Waals surface area (Å²) in [6, 6.07) is 15.6. The van der Waals surface area contributed by atoms with Crippen molar-refractivity contribution in [2.24, 2.45) is 0 Å².